The van der Waals surface area contributed by atoms with Gasteiger partial charge in [-0.3, -0.25) is 4.98 Å². The number of hydrogen-bond donors (Lipinski definition) is 0. The third kappa shape index (κ3) is 3.90. The molecular weight excluding hydrogens is 270 g/mol. The Bertz CT molecular complexity index is 585. The van der Waals surface area contributed by atoms with E-state index in [4.69, 9.17) is 4.74 Å². The molecule has 0 amide bonds. The molecule has 0 aromatic carbocycles. The quantitative estimate of drug-likeness (QED) is 0.620. The fourth-order valence-corrected chi connectivity index (χ4v) is 2.83. The summed E-state index contributed by atoms with van der Waals surface area (Å²) in [4.78, 5) is 18.1. The third-order valence-corrected chi connectivity index (χ3v) is 4.26. The van der Waals surface area contributed by atoms with E-state index < -0.39 is 0 Å². The average Bonchev–Trinajstić information content (AvgIpc) is 2.75. The first-order chi connectivity index (χ1) is 9.56. The summed E-state index contributed by atoms with van der Waals surface area (Å²) < 4.78 is 5.29. The summed E-state index contributed by atoms with van der Waals surface area (Å²) in [7, 11) is 0. The van der Waals surface area contributed by atoms with Crippen LogP contribution in [0.2, 0.25) is 0 Å². The van der Waals surface area contributed by atoms with Crippen molar-refractivity contribution in [3.05, 3.63) is 51.0 Å². The second kappa shape index (κ2) is 6.66. The number of hydrogen-bond acceptors (Lipinski definition) is 4. The molecule has 0 fully saturated rings. The first-order valence-corrected chi connectivity index (χ1v) is 7.54. The van der Waals surface area contributed by atoms with Crippen LogP contribution in [0, 0.1) is 20.8 Å². The van der Waals surface area contributed by atoms with Crippen molar-refractivity contribution in [2.45, 2.75) is 33.6 Å². The number of rotatable bonds is 5. The standard InChI is InChI=1S/C16H19NO2S/c1-11-10-15(20-13(11)3)16(18)19-9-5-8-14-7-4-6-12(2)17-14/h4,6-7,10H,5,8-9H2,1-3H3. The van der Waals surface area contributed by atoms with E-state index in [-0.39, 0.29) is 5.97 Å². The van der Waals surface area contributed by atoms with Crippen LogP contribution in [-0.4, -0.2) is 17.6 Å². The molecule has 0 radical (unpaired) electrons. The minimum absolute atomic E-state index is 0.219. The predicted octanol–water partition coefficient (Wildman–Crippen LogP) is 3.86. The molecule has 2 rings (SSSR count). The van der Waals surface area contributed by atoms with Crippen LogP contribution in [0.15, 0.2) is 24.3 Å². The summed E-state index contributed by atoms with van der Waals surface area (Å²) in [5.74, 6) is -0.219. The molecule has 0 atom stereocenters. The Morgan fingerprint density at radius 2 is 2.10 bits per heavy atom. The zero-order valence-corrected chi connectivity index (χ0v) is 12.9. The van der Waals surface area contributed by atoms with E-state index in [1.54, 1.807) is 0 Å². The molecule has 0 aliphatic rings. The molecule has 20 heavy (non-hydrogen) atoms. The van der Waals surface area contributed by atoms with Crippen LogP contribution in [0.25, 0.3) is 0 Å². The Kier molecular flexibility index (Phi) is 4.90. The van der Waals surface area contributed by atoms with Gasteiger partial charge in [0.25, 0.3) is 0 Å². The maximum atomic E-state index is 11.8. The molecule has 2 heterocycles. The fourth-order valence-electron chi connectivity index (χ4n) is 1.90. The second-order valence-corrected chi connectivity index (χ2v) is 6.12. The molecule has 3 nitrogen and oxygen atoms in total. The highest BCUT2D eigenvalue weighted by Crippen LogP contribution is 2.21. The monoisotopic (exact) mass is 289 g/mol. The highest BCUT2D eigenvalue weighted by Gasteiger charge is 2.11. The number of carbonyl (C=O) groups excluding carboxylic acids is 1. The molecule has 2 aromatic rings. The molecular formula is C16H19NO2S. The Morgan fingerprint density at radius 3 is 2.75 bits per heavy atom. The van der Waals surface area contributed by atoms with Crippen molar-refractivity contribution in [1.29, 1.82) is 0 Å². The molecule has 0 saturated heterocycles. The van der Waals surface area contributed by atoms with Gasteiger partial charge in [0.05, 0.1) is 6.61 Å². The van der Waals surface area contributed by atoms with Gasteiger partial charge in [-0.05, 0) is 57.4 Å². The van der Waals surface area contributed by atoms with Crippen molar-refractivity contribution >= 4 is 17.3 Å². The lowest BCUT2D eigenvalue weighted by molar-refractivity contribution is 0.0506. The Labute approximate surface area is 123 Å². The number of aromatic nitrogens is 1. The van der Waals surface area contributed by atoms with E-state index in [0.717, 1.165) is 29.8 Å². The molecule has 4 heteroatoms. The average molecular weight is 289 g/mol. The number of ether oxygens (including phenoxy) is 1. The van der Waals surface area contributed by atoms with Crippen LogP contribution in [0.3, 0.4) is 0 Å². The molecule has 0 N–H and O–H groups in total. The van der Waals surface area contributed by atoms with Crippen LogP contribution >= 0.6 is 11.3 Å². The number of aryl methyl sites for hydroxylation is 4. The highest BCUT2D eigenvalue weighted by molar-refractivity contribution is 7.14. The Morgan fingerprint density at radius 1 is 1.30 bits per heavy atom. The zero-order chi connectivity index (χ0) is 14.5. The Balaban J connectivity index is 1.77. The van der Waals surface area contributed by atoms with Gasteiger partial charge >= 0.3 is 5.97 Å². The molecule has 0 aliphatic carbocycles. The van der Waals surface area contributed by atoms with Crippen molar-refractivity contribution in [3.63, 3.8) is 0 Å². The fraction of sp³-hybridized carbons (Fsp3) is 0.375. The topological polar surface area (TPSA) is 39.2 Å². The summed E-state index contributed by atoms with van der Waals surface area (Å²) >= 11 is 1.49. The lowest BCUT2D eigenvalue weighted by atomic mass is 10.2. The zero-order valence-electron chi connectivity index (χ0n) is 12.1. The summed E-state index contributed by atoms with van der Waals surface area (Å²) in [6.07, 6.45) is 1.63. The SMILES string of the molecule is Cc1cccc(CCCOC(=O)c2cc(C)c(C)s2)n1. The molecule has 0 aliphatic heterocycles. The van der Waals surface area contributed by atoms with E-state index in [2.05, 4.69) is 4.98 Å². The van der Waals surface area contributed by atoms with E-state index in [0.29, 0.717) is 11.5 Å². The lowest BCUT2D eigenvalue weighted by Gasteiger charge is -2.04. The van der Waals surface area contributed by atoms with Gasteiger partial charge in [0.1, 0.15) is 4.88 Å². The van der Waals surface area contributed by atoms with Crippen LogP contribution in [-0.2, 0) is 11.2 Å². The van der Waals surface area contributed by atoms with Gasteiger partial charge < -0.3 is 4.74 Å². The highest BCUT2D eigenvalue weighted by atomic mass is 32.1. The van der Waals surface area contributed by atoms with Crippen molar-refractivity contribution < 1.29 is 9.53 Å². The Hall–Kier alpha value is -1.68. The minimum atomic E-state index is -0.219. The first kappa shape index (κ1) is 14.7. The van der Waals surface area contributed by atoms with Gasteiger partial charge in [0, 0.05) is 16.3 Å². The molecule has 106 valence electrons. The summed E-state index contributed by atoms with van der Waals surface area (Å²) in [6, 6.07) is 7.87. The van der Waals surface area contributed by atoms with Crippen molar-refractivity contribution in [1.82, 2.24) is 4.98 Å². The maximum absolute atomic E-state index is 11.8. The lowest BCUT2D eigenvalue weighted by Crippen LogP contribution is -2.05. The van der Waals surface area contributed by atoms with Crippen LogP contribution < -0.4 is 0 Å². The van der Waals surface area contributed by atoms with Gasteiger partial charge in [-0.1, -0.05) is 6.07 Å². The van der Waals surface area contributed by atoms with Gasteiger partial charge in [0.2, 0.25) is 0 Å². The largest absolute Gasteiger partial charge is 0.461 e. The number of thiophene rings is 1. The van der Waals surface area contributed by atoms with E-state index in [9.17, 15) is 4.79 Å². The van der Waals surface area contributed by atoms with Gasteiger partial charge in [-0.2, -0.15) is 0 Å². The summed E-state index contributed by atoms with van der Waals surface area (Å²) in [5, 5.41) is 0. The number of pyridine rings is 1. The van der Waals surface area contributed by atoms with Crippen molar-refractivity contribution in [2.24, 2.45) is 0 Å². The van der Waals surface area contributed by atoms with Crippen molar-refractivity contribution in [3.8, 4) is 0 Å². The second-order valence-electron chi connectivity index (χ2n) is 4.86. The molecule has 0 unspecified atom stereocenters. The normalized spacial score (nSPS) is 10.6. The first-order valence-electron chi connectivity index (χ1n) is 6.73. The molecule has 2 aromatic heterocycles. The van der Waals surface area contributed by atoms with Crippen LogP contribution in [0.1, 0.15) is 37.9 Å². The van der Waals surface area contributed by atoms with E-state index in [1.165, 1.54) is 16.2 Å². The van der Waals surface area contributed by atoms with Gasteiger partial charge in [0.15, 0.2) is 0 Å². The van der Waals surface area contributed by atoms with Gasteiger partial charge in [-0.15, -0.1) is 11.3 Å². The van der Waals surface area contributed by atoms with Crippen LogP contribution in [0.4, 0.5) is 0 Å². The van der Waals surface area contributed by atoms with Crippen LogP contribution in [0.5, 0.6) is 0 Å². The third-order valence-electron chi connectivity index (χ3n) is 3.12. The molecule has 0 saturated carbocycles. The molecule has 0 bridgehead atoms. The molecule has 0 spiro atoms. The van der Waals surface area contributed by atoms with E-state index in [1.807, 2.05) is 45.0 Å². The number of carbonyl (C=O) groups is 1. The van der Waals surface area contributed by atoms with Crippen molar-refractivity contribution in [2.75, 3.05) is 6.61 Å². The van der Waals surface area contributed by atoms with E-state index >= 15 is 0 Å². The summed E-state index contributed by atoms with van der Waals surface area (Å²) in [6.45, 7) is 6.43. The number of nitrogens with zero attached hydrogens (tertiary/aromatic N) is 1. The maximum Gasteiger partial charge on any atom is 0.348 e. The minimum Gasteiger partial charge on any atom is -0.461 e. The number of esters is 1. The smallest absolute Gasteiger partial charge is 0.348 e. The van der Waals surface area contributed by atoms with Gasteiger partial charge in [-0.25, -0.2) is 4.79 Å². The summed E-state index contributed by atoms with van der Waals surface area (Å²) in [5.41, 5.74) is 3.21. The predicted molar refractivity (Wildman–Crippen MR) is 81.4 cm³/mol.